The minimum atomic E-state index is -0.418. The Morgan fingerprint density at radius 1 is 1.24 bits per heavy atom. The van der Waals surface area contributed by atoms with Gasteiger partial charge in [0, 0.05) is 42.3 Å². The van der Waals surface area contributed by atoms with Crippen molar-refractivity contribution in [3.8, 4) is 11.3 Å². The van der Waals surface area contributed by atoms with Gasteiger partial charge in [0.1, 0.15) is 5.82 Å². The molecule has 1 saturated heterocycles. The van der Waals surface area contributed by atoms with Gasteiger partial charge < -0.3 is 11.5 Å². The summed E-state index contributed by atoms with van der Waals surface area (Å²) in [6.07, 6.45) is 10.7. The van der Waals surface area contributed by atoms with Crippen LogP contribution in [0, 0.1) is 5.82 Å². The molecule has 4 atom stereocenters. The fraction of sp³-hybridized carbons (Fsp3) is 0.435. The molecule has 4 unspecified atom stereocenters. The molecular weight excluding hydrogens is 387 g/mol. The van der Waals surface area contributed by atoms with E-state index in [9.17, 15) is 4.39 Å². The lowest BCUT2D eigenvalue weighted by Gasteiger charge is -2.47. The van der Waals surface area contributed by atoms with Crippen molar-refractivity contribution in [2.45, 2.75) is 49.7 Å². The highest BCUT2D eigenvalue weighted by atomic mass is 35.5. The Bertz CT molecular complexity index is 887. The third kappa shape index (κ3) is 4.24. The first-order valence-electron chi connectivity index (χ1n) is 10.4. The Labute approximate surface area is 176 Å². The van der Waals surface area contributed by atoms with Crippen molar-refractivity contribution in [2.24, 2.45) is 11.5 Å². The quantitative estimate of drug-likeness (QED) is 0.723. The van der Waals surface area contributed by atoms with Crippen molar-refractivity contribution in [1.82, 2.24) is 9.88 Å². The van der Waals surface area contributed by atoms with Gasteiger partial charge in [0.05, 0.1) is 10.7 Å². The summed E-state index contributed by atoms with van der Waals surface area (Å²) in [6, 6.07) is 9.74. The number of halogens is 2. The van der Waals surface area contributed by atoms with E-state index in [2.05, 4.69) is 28.1 Å². The maximum absolute atomic E-state index is 13.6. The van der Waals surface area contributed by atoms with E-state index < -0.39 is 5.82 Å². The fourth-order valence-electron chi connectivity index (χ4n) is 4.79. The van der Waals surface area contributed by atoms with Crippen LogP contribution < -0.4 is 11.5 Å². The zero-order valence-corrected chi connectivity index (χ0v) is 17.2. The Balaban J connectivity index is 1.65. The predicted octanol–water partition coefficient (Wildman–Crippen LogP) is 4.09. The second kappa shape index (κ2) is 8.92. The van der Waals surface area contributed by atoms with Crippen molar-refractivity contribution >= 4 is 11.6 Å². The average molecular weight is 415 g/mol. The van der Waals surface area contributed by atoms with Gasteiger partial charge >= 0.3 is 0 Å². The summed E-state index contributed by atoms with van der Waals surface area (Å²) in [5.41, 5.74) is 15.1. The summed E-state index contributed by atoms with van der Waals surface area (Å²) < 4.78 is 13.6. The largest absolute Gasteiger partial charge is 0.330 e. The van der Waals surface area contributed by atoms with Crippen molar-refractivity contribution in [1.29, 1.82) is 0 Å². The van der Waals surface area contributed by atoms with Gasteiger partial charge in [-0.25, -0.2) is 4.39 Å². The molecule has 154 valence electrons. The molecule has 0 saturated carbocycles. The number of nitrogens with zero attached hydrogens (tertiary/aromatic N) is 2. The van der Waals surface area contributed by atoms with Crippen LogP contribution in [-0.4, -0.2) is 41.1 Å². The summed E-state index contributed by atoms with van der Waals surface area (Å²) in [5, 5.41) is 0.113. The second-order valence-corrected chi connectivity index (χ2v) is 8.47. The summed E-state index contributed by atoms with van der Waals surface area (Å²) in [4.78, 5) is 7.17. The van der Waals surface area contributed by atoms with Crippen molar-refractivity contribution in [3.05, 3.63) is 65.1 Å². The van der Waals surface area contributed by atoms with Crippen LogP contribution in [0.2, 0.25) is 5.02 Å². The molecule has 1 aromatic carbocycles. The smallest absolute Gasteiger partial charge is 0.141 e. The van der Waals surface area contributed by atoms with E-state index in [0.29, 0.717) is 18.6 Å². The minimum Gasteiger partial charge on any atom is -0.330 e. The van der Waals surface area contributed by atoms with E-state index in [4.69, 9.17) is 23.1 Å². The maximum Gasteiger partial charge on any atom is 0.141 e. The Kier molecular flexibility index (Phi) is 6.30. The lowest BCUT2D eigenvalue weighted by Crippen LogP contribution is -2.56. The number of rotatable bonds is 5. The number of aromatic nitrogens is 1. The molecule has 4 N–H and O–H groups in total. The molecule has 2 aliphatic heterocycles. The standard InChI is InChI=1S/C23H28ClFN4/c24-19-13-15(7-9-20(19)25)23-18(4-2-12-28-23)16-6-8-17-3-1-5-22(29(17)14-16)21(27)10-11-26/h2,4,6-9,12-13,16-17,21-22H,1,3,5,10-11,14,26-27H2. The molecule has 6 heteroatoms. The van der Waals surface area contributed by atoms with Crippen LogP contribution in [0.4, 0.5) is 4.39 Å². The van der Waals surface area contributed by atoms with Crippen LogP contribution in [-0.2, 0) is 0 Å². The molecule has 4 nitrogen and oxygen atoms in total. The van der Waals surface area contributed by atoms with Crippen LogP contribution in [0.3, 0.4) is 0 Å². The number of hydrogen-bond acceptors (Lipinski definition) is 4. The highest BCUT2D eigenvalue weighted by Gasteiger charge is 2.36. The first kappa shape index (κ1) is 20.5. The number of fused-ring (bicyclic) bond motifs is 1. The number of pyridine rings is 1. The highest BCUT2D eigenvalue weighted by molar-refractivity contribution is 6.31. The van der Waals surface area contributed by atoms with Crippen LogP contribution in [0.5, 0.6) is 0 Å². The molecule has 0 radical (unpaired) electrons. The lowest BCUT2D eigenvalue weighted by molar-refractivity contribution is 0.0789. The maximum atomic E-state index is 13.6. The van der Waals surface area contributed by atoms with Gasteiger partial charge in [0.2, 0.25) is 0 Å². The molecule has 4 rings (SSSR count). The molecule has 0 aliphatic carbocycles. The van der Waals surface area contributed by atoms with Crippen molar-refractivity contribution in [3.63, 3.8) is 0 Å². The van der Waals surface area contributed by atoms with Gasteiger partial charge in [0.15, 0.2) is 0 Å². The molecule has 0 spiro atoms. The molecule has 2 aliphatic rings. The number of nitrogens with two attached hydrogens (primary N) is 2. The summed E-state index contributed by atoms with van der Waals surface area (Å²) in [5.74, 6) is -0.220. The SMILES string of the molecule is NCCC(N)C1CCCC2C=CC(c3cccnc3-c3ccc(F)c(Cl)c3)CN21. The highest BCUT2D eigenvalue weighted by Crippen LogP contribution is 2.37. The second-order valence-electron chi connectivity index (χ2n) is 8.07. The molecule has 2 aromatic rings. The summed E-state index contributed by atoms with van der Waals surface area (Å²) >= 11 is 6.03. The lowest BCUT2D eigenvalue weighted by atomic mass is 9.83. The minimum absolute atomic E-state index is 0.0965. The normalized spacial score (nSPS) is 25.6. The van der Waals surface area contributed by atoms with E-state index in [-0.39, 0.29) is 17.0 Å². The summed E-state index contributed by atoms with van der Waals surface area (Å²) in [6.45, 7) is 1.52. The number of benzene rings is 1. The van der Waals surface area contributed by atoms with Gasteiger partial charge in [-0.15, -0.1) is 0 Å². The molecule has 29 heavy (non-hydrogen) atoms. The zero-order chi connectivity index (χ0) is 20.4. The Hall–Kier alpha value is -1.79. The van der Waals surface area contributed by atoms with Crippen LogP contribution in [0.1, 0.15) is 37.2 Å². The molecule has 0 bridgehead atoms. The van der Waals surface area contributed by atoms with E-state index in [1.807, 2.05) is 6.07 Å². The van der Waals surface area contributed by atoms with Crippen LogP contribution in [0.25, 0.3) is 11.3 Å². The Morgan fingerprint density at radius 3 is 2.90 bits per heavy atom. The zero-order valence-electron chi connectivity index (χ0n) is 16.5. The van der Waals surface area contributed by atoms with Gasteiger partial charge in [0.25, 0.3) is 0 Å². The molecule has 1 fully saturated rings. The number of hydrogen-bond donors (Lipinski definition) is 2. The van der Waals surface area contributed by atoms with E-state index in [1.54, 1.807) is 18.3 Å². The Morgan fingerprint density at radius 2 is 2.10 bits per heavy atom. The van der Waals surface area contributed by atoms with Crippen molar-refractivity contribution < 1.29 is 4.39 Å². The van der Waals surface area contributed by atoms with Crippen LogP contribution >= 0.6 is 11.6 Å². The van der Waals surface area contributed by atoms with Gasteiger partial charge in [-0.05, 0) is 62.1 Å². The third-order valence-corrected chi connectivity index (χ3v) is 6.54. The average Bonchev–Trinajstić information content (AvgIpc) is 2.75. The van der Waals surface area contributed by atoms with E-state index in [0.717, 1.165) is 36.2 Å². The first-order valence-corrected chi connectivity index (χ1v) is 10.8. The van der Waals surface area contributed by atoms with Gasteiger partial charge in [-0.1, -0.05) is 29.8 Å². The molecule has 0 amide bonds. The summed E-state index contributed by atoms with van der Waals surface area (Å²) in [7, 11) is 0. The molecular formula is C23H28ClFN4. The monoisotopic (exact) mass is 414 g/mol. The number of piperidine rings is 1. The van der Waals surface area contributed by atoms with Crippen LogP contribution in [0.15, 0.2) is 48.7 Å². The first-order chi connectivity index (χ1) is 14.1. The topological polar surface area (TPSA) is 68.2 Å². The molecule has 3 heterocycles. The third-order valence-electron chi connectivity index (χ3n) is 6.25. The van der Waals surface area contributed by atoms with Crippen molar-refractivity contribution in [2.75, 3.05) is 13.1 Å². The fourth-order valence-corrected chi connectivity index (χ4v) is 4.97. The van der Waals surface area contributed by atoms with Gasteiger partial charge in [-0.2, -0.15) is 0 Å². The van der Waals surface area contributed by atoms with E-state index in [1.165, 1.54) is 18.9 Å². The predicted molar refractivity (Wildman–Crippen MR) is 116 cm³/mol. The molecule has 1 aromatic heterocycles. The van der Waals surface area contributed by atoms with Gasteiger partial charge in [-0.3, -0.25) is 9.88 Å². The van der Waals surface area contributed by atoms with E-state index >= 15 is 0 Å².